The molecule has 0 bridgehead atoms. The first-order chi connectivity index (χ1) is 17.8. The van der Waals surface area contributed by atoms with E-state index in [0.717, 1.165) is 5.56 Å². The smallest absolute Gasteiger partial charge is 0.274 e. The summed E-state index contributed by atoms with van der Waals surface area (Å²) in [6.45, 7) is 2.01. The van der Waals surface area contributed by atoms with Crippen LogP contribution in [0.15, 0.2) is 66.9 Å². The zero-order chi connectivity index (χ0) is 26.5. The van der Waals surface area contributed by atoms with Gasteiger partial charge in [0, 0.05) is 30.9 Å². The molecule has 0 spiro atoms. The van der Waals surface area contributed by atoms with Crippen LogP contribution < -0.4 is 16.0 Å². The van der Waals surface area contributed by atoms with Crippen molar-refractivity contribution in [2.75, 3.05) is 12.4 Å². The number of aryl methyl sites for hydroxylation is 1. The summed E-state index contributed by atoms with van der Waals surface area (Å²) in [4.78, 5) is 43.1. The van der Waals surface area contributed by atoms with Gasteiger partial charge in [0.15, 0.2) is 11.5 Å². The van der Waals surface area contributed by atoms with Crippen LogP contribution >= 0.6 is 23.2 Å². The number of anilines is 1. The van der Waals surface area contributed by atoms with Gasteiger partial charge in [0.1, 0.15) is 5.69 Å². The largest absolute Gasteiger partial charge is 0.354 e. The Kier molecular flexibility index (Phi) is 7.86. The molecule has 3 N–H and O–H groups in total. The number of rotatable bonds is 7. The normalized spacial score (nSPS) is 10.6. The van der Waals surface area contributed by atoms with Crippen molar-refractivity contribution in [2.24, 2.45) is 0 Å². The standard InChI is InChI=1S/C26H22Cl2N6O3/c1-15-11-17(27)12-18(24(35)31-14-16-7-4-3-5-8-16)22(15)32-26(37)21-13-20(25(36)29-2)33-34(21)23-19(28)9-6-10-30-23/h3-13H,14H2,1-2H3,(H,29,36)(H,31,35)(H,32,37). The molecule has 0 saturated heterocycles. The summed E-state index contributed by atoms with van der Waals surface area (Å²) >= 11 is 12.5. The Labute approximate surface area is 222 Å². The number of carbonyl (C=O) groups is 3. The molecule has 2 aromatic carbocycles. The summed E-state index contributed by atoms with van der Waals surface area (Å²) in [6, 6.07) is 17.1. The first-order valence-electron chi connectivity index (χ1n) is 11.1. The van der Waals surface area contributed by atoms with Crippen molar-refractivity contribution in [3.8, 4) is 5.82 Å². The van der Waals surface area contributed by atoms with Gasteiger partial charge < -0.3 is 16.0 Å². The zero-order valence-corrected chi connectivity index (χ0v) is 21.4. The topological polar surface area (TPSA) is 118 Å². The predicted molar refractivity (Wildman–Crippen MR) is 142 cm³/mol. The number of amides is 3. The monoisotopic (exact) mass is 536 g/mol. The molecule has 0 aliphatic carbocycles. The number of hydrogen-bond donors (Lipinski definition) is 3. The fourth-order valence-electron chi connectivity index (χ4n) is 3.62. The molecular weight excluding hydrogens is 515 g/mol. The Morgan fingerprint density at radius 3 is 2.41 bits per heavy atom. The second-order valence-electron chi connectivity index (χ2n) is 7.98. The second-order valence-corrected chi connectivity index (χ2v) is 8.83. The number of halogens is 2. The van der Waals surface area contributed by atoms with E-state index in [0.29, 0.717) is 17.1 Å². The second kappa shape index (κ2) is 11.2. The van der Waals surface area contributed by atoms with Crippen molar-refractivity contribution < 1.29 is 14.4 Å². The molecule has 4 aromatic rings. The van der Waals surface area contributed by atoms with Crippen LogP contribution in [0.1, 0.15) is 42.5 Å². The minimum Gasteiger partial charge on any atom is -0.354 e. The van der Waals surface area contributed by atoms with Gasteiger partial charge in [-0.3, -0.25) is 14.4 Å². The van der Waals surface area contributed by atoms with Crippen molar-refractivity contribution >= 4 is 46.6 Å². The summed E-state index contributed by atoms with van der Waals surface area (Å²) in [5.41, 5.74) is 1.91. The van der Waals surface area contributed by atoms with Crippen molar-refractivity contribution in [1.29, 1.82) is 0 Å². The SMILES string of the molecule is CNC(=O)c1cc(C(=O)Nc2c(C)cc(Cl)cc2C(=O)NCc2ccccc2)n(-c2ncccc2Cl)n1. The minimum absolute atomic E-state index is 0.0100. The van der Waals surface area contributed by atoms with Crippen molar-refractivity contribution in [3.05, 3.63) is 105 Å². The van der Waals surface area contributed by atoms with Crippen LogP contribution in [-0.2, 0) is 6.54 Å². The molecule has 3 amide bonds. The molecule has 2 heterocycles. The number of nitrogens with one attached hydrogen (secondary N) is 3. The van der Waals surface area contributed by atoms with E-state index in [-0.39, 0.29) is 33.5 Å². The molecular formula is C26H22Cl2N6O3. The molecule has 0 unspecified atom stereocenters. The fourth-order valence-corrected chi connectivity index (χ4v) is 4.09. The highest BCUT2D eigenvalue weighted by Crippen LogP contribution is 2.27. The highest BCUT2D eigenvalue weighted by atomic mass is 35.5. The fraction of sp³-hybridized carbons (Fsp3) is 0.115. The molecule has 37 heavy (non-hydrogen) atoms. The molecule has 2 aromatic heterocycles. The first-order valence-corrected chi connectivity index (χ1v) is 11.9. The maximum Gasteiger partial charge on any atom is 0.274 e. The number of benzene rings is 2. The maximum absolute atomic E-state index is 13.5. The molecule has 0 radical (unpaired) electrons. The Balaban J connectivity index is 1.69. The predicted octanol–water partition coefficient (Wildman–Crippen LogP) is 4.42. The number of aromatic nitrogens is 3. The molecule has 0 aliphatic heterocycles. The molecule has 9 nitrogen and oxygen atoms in total. The Morgan fingerprint density at radius 1 is 0.946 bits per heavy atom. The van der Waals surface area contributed by atoms with E-state index >= 15 is 0 Å². The summed E-state index contributed by atoms with van der Waals surface area (Å²) in [7, 11) is 1.45. The van der Waals surface area contributed by atoms with Gasteiger partial charge in [0.2, 0.25) is 0 Å². The van der Waals surface area contributed by atoms with Crippen LogP contribution in [0.5, 0.6) is 0 Å². The quantitative estimate of drug-likeness (QED) is 0.323. The van der Waals surface area contributed by atoms with E-state index in [9.17, 15) is 14.4 Å². The number of pyridine rings is 1. The van der Waals surface area contributed by atoms with Crippen LogP contribution in [0, 0.1) is 6.92 Å². The molecule has 0 atom stereocenters. The van der Waals surface area contributed by atoms with Crippen molar-refractivity contribution in [1.82, 2.24) is 25.4 Å². The van der Waals surface area contributed by atoms with E-state index in [4.69, 9.17) is 23.2 Å². The Hall–Kier alpha value is -4.21. The summed E-state index contributed by atoms with van der Waals surface area (Å²) < 4.78 is 1.18. The maximum atomic E-state index is 13.5. The van der Waals surface area contributed by atoms with E-state index < -0.39 is 17.7 Å². The Bertz CT molecular complexity index is 1490. The van der Waals surface area contributed by atoms with E-state index in [1.807, 2.05) is 30.3 Å². The van der Waals surface area contributed by atoms with Crippen LogP contribution in [0.4, 0.5) is 5.69 Å². The van der Waals surface area contributed by atoms with E-state index in [1.165, 1.54) is 30.1 Å². The summed E-state index contributed by atoms with van der Waals surface area (Å²) in [5.74, 6) is -1.38. The highest BCUT2D eigenvalue weighted by Gasteiger charge is 2.24. The zero-order valence-electron chi connectivity index (χ0n) is 19.9. The summed E-state index contributed by atoms with van der Waals surface area (Å²) in [6.07, 6.45) is 1.49. The van der Waals surface area contributed by atoms with E-state index in [2.05, 4.69) is 26.0 Å². The lowest BCUT2D eigenvalue weighted by molar-refractivity contribution is 0.0946. The lowest BCUT2D eigenvalue weighted by Gasteiger charge is -2.15. The molecule has 0 fully saturated rings. The summed E-state index contributed by atoms with van der Waals surface area (Å²) in [5, 5.41) is 12.9. The van der Waals surface area contributed by atoms with Gasteiger partial charge in [0.25, 0.3) is 17.7 Å². The van der Waals surface area contributed by atoms with Crippen LogP contribution in [-0.4, -0.2) is 39.5 Å². The molecule has 11 heteroatoms. The number of carbonyl (C=O) groups excluding carboxylic acids is 3. The lowest BCUT2D eigenvalue weighted by Crippen LogP contribution is -2.26. The average molecular weight is 537 g/mol. The third-order valence-electron chi connectivity index (χ3n) is 5.42. The van der Waals surface area contributed by atoms with Gasteiger partial charge in [-0.25, -0.2) is 9.67 Å². The molecule has 0 saturated carbocycles. The highest BCUT2D eigenvalue weighted by molar-refractivity contribution is 6.32. The van der Waals surface area contributed by atoms with Crippen molar-refractivity contribution in [3.63, 3.8) is 0 Å². The minimum atomic E-state index is -0.632. The lowest BCUT2D eigenvalue weighted by atomic mass is 10.1. The third kappa shape index (κ3) is 5.79. The number of nitrogens with zero attached hydrogens (tertiary/aromatic N) is 3. The number of hydrogen-bond acceptors (Lipinski definition) is 5. The van der Waals surface area contributed by atoms with Gasteiger partial charge >= 0.3 is 0 Å². The molecule has 188 valence electrons. The average Bonchev–Trinajstić information content (AvgIpc) is 3.34. The van der Waals surface area contributed by atoms with Gasteiger partial charge in [-0.2, -0.15) is 5.10 Å². The van der Waals surface area contributed by atoms with Gasteiger partial charge in [0.05, 0.1) is 16.3 Å². The van der Waals surface area contributed by atoms with Gasteiger partial charge in [-0.05, 0) is 42.3 Å². The third-order valence-corrected chi connectivity index (χ3v) is 5.93. The Morgan fingerprint density at radius 2 is 1.70 bits per heavy atom. The van der Waals surface area contributed by atoms with Crippen LogP contribution in [0.3, 0.4) is 0 Å². The van der Waals surface area contributed by atoms with E-state index in [1.54, 1.807) is 25.1 Å². The van der Waals surface area contributed by atoms with Crippen molar-refractivity contribution in [2.45, 2.75) is 13.5 Å². The van der Waals surface area contributed by atoms with Crippen LogP contribution in [0.25, 0.3) is 5.82 Å². The molecule has 4 rings (SSSR count). The van der Waals surface area contributed by atoms with Gasteiger partial charge in [-0.1, -0.05) is 53.5 Å². The molecule has 0 aliphatic rings. The van der Waals surface area contributed by atoms with Crippen LogP contribution in [0.2, 0.25) is 10.0 Å². The van der Waals surface area contributed by atoms with Gasteiger partial charge in [-0.15, -0.1) is 0 Å². The first kappa shape index (κ1) is 25.9.